The number of ether oxygens (including phenoxy) is 1. The molecule has 0 bridgehead atoms. The molecule has 1 heterocycles. The van der Waals surface area contributed by atoms with E-state index < -0.39 is 0 Å². The van der Waals surface area contributed by atoms with Crippen LogP contribution < -0.4 is 5.32 Å². The van der Waals surface area contributed by atoms with E-state index in [1.165, 1.54) is 16.2 Å². The second-order valence-corrected chi connectivity index (χ2v) is 7.28. The van der Waals surface area contributed by atoms with E-state index >= 15 is 0 Å². The van der Waals surface area contributed by atoms with Crippen molar-refractivity contribution in [3.63, 3.8) is 0 Å². The van der Waals surface area contributed by atoms with E-state index in [9.17, 15) is 0 Å². The Morgan fingerprint density at radius 3 is 2.43 bits per heavy atom. The molecular weight excluding hydrogens is 280 g/mol. The summed E-state index contributed by atoms with van der Waals surface area (Å²) in [6, 6.07) is 5.55. The Bertz CT molecular complexity index is 369. The molecule has 0 aromatic carbocycles. The molecule has 0 aliphatic carbocycles. The van der Waals surface area contributed by atoms with Crippen molar-refractivity contribution in [1.82, 2.24) is 10.2 Å². The van der Waals surface area contributed by atoms with E-state index in [0.29, 0.717) is 12.1 Å². The minimum absolute atomic E-state index is 0.576. The highest BCUT2D eigenvalue weighted by atomic mass is 32.1. The van der Waals surface area contributed by atoms with Gasteiger partial charge in [0.25, 0.3) is 0 Å². The van der Waals surface area contributed by atoms with Crippen molar-refractivity contribution >= 4 is 11.3 Å². The smallest absolute Gasteiger partial charge is 0.0810 e. The van der Waals surface area contributed by atoms with Gasteiger partial charge in [-0.05, 0) is 52.8 Å². The first-order valence-corrected chi connectivity index (χ1v) is 8.98. The molecule has 0 fully saturated rings. The predicted molar refractivity (Wildman–Crippen MR) is 93.0 cm³/mol. The third-order valence-corrected chi connectivity index (χ3v) is 4.57. The maximum Gasteiger partial charge on any atom is 0.0810 e. The van der Waals surface area contributed by atoms with Crippen molar-refractivity contribution in [1.29, 1.82) is 0 Å². The van der Waals surface area contributed by atoms with Crippen LogP contribution in [0.15, 0.2) is 12.1 Å². The highest BCUT2D eigenvalue weighted by Gasteiger charge is 2.12. The highest BCUT2D eigenvalue weighted by Crippen LogP contribution is 2.17. The van der Waals surface area contributed by atoms with Crippen molar-refractivity contribution in [2.24, 2.45) is 0 Å². The van der Waals surface area contributed by atoms with E-state index in [2.05, 4.69) is 57.0 Å². The van der Waals surface area contributed by atoms with Gasteiger partial charge < -0.3 is 10.1 Å². The molecule has 0 unspecified atom stereocenters. The summed E-state index contributed by atoms with van der Waals surface area (Å²) in [5, 5.41) is 3.43. The zero-order valence-corrected chi connectivity index (χ0v) is 15.1. The van der Waals surface area contributed by atoms with Crippen LogP contribution >= 0.6 is 11.3 Å². The molecule has 1 aromatic rings. The number of thiophene rings is 1. The first kappa shape index (κ1) is 18.6. The van der Waals surface area contributed by atoms with Crippen molar-refractivity contribution in [3.8, 4) is 0 Å². The van der Waals surface area contributed by atoms with Crippen LogP contribution in [0.4, 0.5) is 0 Å². The molecule has 21 heavy (non-hydrogen) atoms. The highest BCUT2D eigenvalue weighted by molar-refractivity contribution is 7.11. The molecule has 122 valence electrons. The summed E-state index contributed by atoms with van der Waals surface area (Å²) in [5.41, 5.74) is 0. The van der Waals surface area contributed by atoms with Crippen molar-refractivity contribution in [2.45, 2.75) is 66.3 Å². The number of hydrogen-bond acceptors (Lipinski definition) is 4. The lowest BCUT2D eigenvalue weighted by atomic mass is 10.2. The van der Waals surface area contributed by atoms with Crippen molar-refractivity contribution in [3.05, 3.63) is 21.9 Å². The molecule has 4 heteroatoms. The van der Waals surface area contributed by atoms with Crippen molar-refractivity contribution < 1.29 is 4.74 Å². The molecule has 1 N–H and O–H groups in total. The van der Waals surface area contributed by atoms with Gasteiger partial charge in [-0.1, -0.05) is 6.92 Å². The topological polar surface area (TPSA) is 24.5 Å². The van der Waals surface area contributed by atoms with Gasteiger partial charge >= 0.3 is 0 Å². The molecule has 0 spiro atoms. The lowest BCUT2D eigenvalue weighted by Gasteiger charge is -2.30. The van der Waals surface area contributed by atoms with Crippen LogP contribution in [0.25, 0.3) is 0 Å². The first-order chi connectivity index (χ1) is 10.0. The molecule has 0 atom stereocenters. The fourth-order valence-electron chi connectivity index (χ4n) is 2.44. The van der Waals surface area contributed by atoms with Crippen LogP contribution in [0.5, 0.6) is 0 Å². The SMILES string of the molecule is CCCNCc1ccc(COCCN(C(C)C)C(C)C)s1. The predicted octanol–water partition coefficient (Wildman–Crippen LogP) is 3.88. The Balaban J connectivity index is 2.23. The molecule has 0 aliphatic rings. The maximum absolute atomic E-state index is 5.84. The molecule has 0 radical (unpaired) electrons. The van der Waals surface area contributed by atoms with Gasteiger partial charge in [-0.25, -0.2) is 0 Å². The molecule has 0 saturated carbocycles. The zero-order chi connectivity index (χ0) is 15.7. The van der Waals surface area contributed by atoms with Crippen LogP contribution in [0.2, 0.25) is 0 Å². The Hall–Kier alpha value is -0.420. The van der Waals surface area contributed by atoms with Crippen molar-refractivity contribution in [2.75, 3.05) is 19.7 Å². The molecular formula is C17H32N2OS. The van der Waals surface area contributed by atoms with Crippen LogP contribution in [-0.4, -0.2) is 36.7 Å². The van der Waals surface area contributed by atoms with Gasteiger partial charge in [0.1, 0.15) is 0 Å². The van der Waals surface area contributed by atoms with Crippen LogP contribution in [-0.2, 0) is 17.9 Å². The van der Waals surface area contributed by atoms with E-state index in [1.807, 2.05) is 11.3 Å². The summed E-state index contributed by atoms with van der Waals surface area (Å²) >= 11 is 1.85. The molecule has 1 aromatic heterocycles. The lowest BCUT2D eigenvalue weighted by molar-refractivity contribution is 0.0711. The normalized spacial score (nSPS) is 12.0. The average Bonchev–Trinajstić information content (AvgIpc) is 2.86. The third kappa shape index (κ3) is 7.41. The average molecular weight is 313 g/mol. The van der Waals surface area contributed by atoms with Gasteiger partial charge in [0.05, 0.1) is 13.2 Å². The minimum Gasteiger partial charge on any atom is -0.375 e. The summed E-state index contributed by atoms with van der Waals surface area (Å²) in [4.78, 5) is 5.19. The van der Waals surface area contributed by atoms with E-state index in [0.717, 1.165) is 32.8 Å². The zero-order valence-electron chi connectivity index (χ0n) is 14.3. The summed E-state index contributed by atoms with van der Waals surface area (Å²) < 4.78 is 5.84. The van der Waals surface area contributed by atoms with E-state index in [4.69, 9.17) is 4.74 Å². The van der Waals surface area contributed by atoms with E-state index in [1.54, 1.807) is 0 Å². The standard InChI is InChI=1S/C17H32N2OS/c1-6-9-18-12-16-7-8-17(21-16)13-20-11-10-19(14(2)3)15(4)5/h7-8,14-15,18H,6,9-13H2,1-5H3. The summed E-state index contributed by atoms with van der Waals surface area (Å²) in [6.07, 6.45) is 1.18. The second-order valence-electron chi connectivity index (χ2n) is 6.02. The quantitative estimate of drug-likeness (QED) is 0.628. The molecule has 0 aliphatic heterocycles. The van der Waals surface area contributed by atoms with E-state index in [-0.39, 0.29) is 0 Å². The Labute approximate surface area is 134 Å². The summed E-state index contributed by atoms with van der Waals surface area (Å²) in [5.74, 6) is 0. The Morgan fingerprint density at radius 2 is 1.81 bits per heavy atom. The number of hydrogen-bond donors (Lipinski definition) is 1. The molecule has 1 rings (SSSR count). The second kappa shape index (κ2) is 10.3. The van der Waals surface area contributed by atoms with Gasteiger partial charge in [-0.2, -0.15) is 0 Å². The largest absolute Gasteiger partial charge is 0.375 e. The lowest BCUT2D eigenvalue weighted by Crippen LogP contribution is -2.39. The Morgan fingerprint density at radius 1 is 1.14 bits per heavy atom. The number of nitrogens with one attached hydrogen (secondary N) is 1. The molecule has 0 saturated heterocycles. The van der Waals surface area contributed by atoms with Gasteiger partial charge in [-0.3, -0.25) is 4.90 Å². The van der Waals surface area contributed by atoms with Crippen LogP contribution in [0.3, 0.4) is 0 Å². The van der Waals surface area contributed by atoms with Crippen LogP contribution in [0, 0.1) is 0 Å². The first-order valence-electron chi connectivity index (χ1n) is 8.16. The molecule has 3 nitrogen and oxygen atoms in total. The monoisotopic (exact) mass is 312 g/mol. The Kier molecular flexibility index (Phi) is 9.16. The third-order valence-electron chi connectivity index (χ3n) is 3.51. The number of nitrogens with zero attached hydrogens (tertiary/aromatic N) is 1. The van der Waals surface area contributed by atoms with Gasteiger partial charge in [0.15, 0.2) is 0 Å². The van der Waals surface area contributed by atoms with Gasteiger partial charge in [0.2, 0.25) is 0 Å². The molecule has 0 amide bonds. The summed E-state index contributed by atoms with van der Waals surface area (Å²) in [6.45, 7) is 15.8. The fourth-order valence-corrected chi connectivity index (χ4v) is 3.36. The maximum atomic E-state index is 5.84. The number of rotatable bonds is 11. The minimum atomic E-state index is 0.576. The van der Waals surface area contributed by atoms with Gasteiger partial charge in [-0.15, -0.1) is 11.3 Å². The van der Waals surface area contributed by atoms with Gasteiger partial charge in [0, 0.05) is 34.9 Å². The van der Waals surface area contributed by atoms with Crippen LogP contribution in [0.1, 0.15) is 50.8 Å². The summed E-state index contributed by atoms with van der Waals surface area (Å²) in [7, 11) is 0. The fraction of sp³-hybridized carbons (Fsp3) is 0.765.